The number of aryl methyl sites for hydroxylation is 1. The van der Waals surface area contributed by atoms with E-state index in [2.05, 4.69) is 0 Å². The summed E-state index contributed by atoms with van der Waals surface area (Å²) in [7, 11) is -3.35. The summed E-state index contributed by atoms with van der Waals surface area (Å²) in [6.45, 7) is 2.55. The third-order valence-corrected chi connectivity index (χ3v) is 3.99. The summed E-state index contributed by atoms with van der Waals surface area (Å²) in [5, 5.41) is 1.24. The molecule has 0 atom stereocenters. The highest BCUT2D eigenvalue weighted by Crippen LogP contribution is 2.21. The predicted molar refractivity (Wildman–Crippen MR) is 61.6 cm³/mol. The lowest BCUT2D eigenvalue weighted by Crippen LogP contribution is -1.98. The number of hydrogen-bond acceptors (Lipinski definition) is 3. The predicted octanol–water partition coefficient (Wildman–Crippen LogP) is 2.42. The molecule has 0 amide bonds. The SMILES string of the molecule is Cc1ccc(S(=O)(=O)/C=C2\CCCO2)cc1. The van der Waals surface area contributed by atoms with Crippen molar-refractivity contribution in [2.24, 2.45) is 0 Å². The van der Waals surface area contributed by atoms with Gasteiger partial charge in [0.1, 0.15) is 5.76 Å². The largest absolute Gasteiger partial charge is 0.497 e. The second-order valence-corrected chi connectivity index (χ2v) is 5.69. The highest BCUT2D eigenvalue weighted by Gasteiger charge is 2.16. The lowest BCUT2D eigenvalue weighted by molar-refractivity contribution is 0.264. The summed E-state index contributed by atoms with van der Waals surface area (Å²) in [5.74, 6) is 0.570. The fourth-order valence-electron chi connectivity index (χ4n) is 1.58. The third-order valence-electron chi connectivity index (χ3n) is 2.49. The molecule has 1 saturated heterocycles. The molecule has 1 aromatic carbocycles. The summed E-state index contributed by atoms with van der Waals surface area (Å²) in [6, 6.07) is 6.83. The summed E-state index contributed by atoms with van der Waals surface area (Å²) >= 11 is 0. The summed E-state index contributed by atoms with van der Waals surface area (Å²) in [6.07, 6.45) is 1.61. The highest BCUT2D eigenvalue weighted by molar-refractivity contribution is 7.94. The molecule has 0 aromatic heterocycles. The summed E-state index contributed by atoms with van der Waals surface area (Å²) < 4.78 is 29.1. The van der Waals surface area contributed by atoms with Gasteiger partial charge in [0.15, 0.2) is 0 Å². The molecule has 86 valence electrons. The number of allylic oxidation sites excluding steroid dienone is 1. The zero-order valence-electron chi connectivity index (χ0n) is 9.14. The van der Waals surface area contributed by atoms with E-state index in [-0.39, 0.29) is 0 Å². The Kier molecular flexibility index (Phi) is 3.01. The van der Waals surface area contributed by atoms with E-state index in [0.29, 0.717) is 23.7 Å². The Hall–Kier alpha value is -1.29. The molecule has 1 heterocycles. The minimum atomic E-state index is -3.35. The first-order chi connectivity index (χ1) is 7.58. The van der Waals surface area contributed by atoms with E-state index >= 15 is 0 Å². The van der Waals surface area contributed by atoms with E-state index in [1.807, 2.05) is 6.92 Å². The molecule has 0 unspecified atom stereocenters. The molecule has 0 aliphatic carbocycles. The van der Waals surface area contributed by atoms with Crippen LogP contribution < -0.4 is 0 Å². The average molecular weight is 238 g/mol. The molecule has 0 spiro atoms. The maximum absolute atomic E-state index is 11.9. The molecule has 1 aromatic rings. The van der Waals surface area contributed by atoms with Gasteiger partial charge in [0, 0.05) is 6.42 Å². The van der Waals surface area contributed by atoms with E-state index in [9.17, 15) is 8.42 Å². The molecule has 1 aliphatic rings. The normalized spacial score (nSPS) is 18.7. The minimum absolute atomic E-state index is 0.320. The van der Waals surface area contributed by atoms with Crippen LogP contribution in [0, 0.1) is 6.92 Å². The van der Waals surface area contributed by atoms with Crippen LogP contribution in [0.5, 0.6) is 0 Å². The number of hydrogen-bond donors (Lipinski definition) is 0. The molecule has 3 nitrogen and oxygen atoms in total. The van der Waals surface area contributed by atoms with Crippen molar-refractivity contribution in [3.05, 3.63) is 41.0 Å². The lowest BCUT2D eigenvalue weighted by atomic mass is 10.2. The molecular weight excluding hydrogens is 224 g/mol. The molecule has 2 rings (SSSR count). The van der Waals surface area contributed by atoms with Crippen LogP contribution in [0.2, 0.25) is 0 Å². The van der Waals surface area contributed by atoms with E-state index < -0.39 is 9.84 Å². The fourth-order valence-corrected chi connectivity index (χ4v) is 2.77. The van der Waals surface area contributed by atoms with Crippen molar-refractivity contribution < 1.29 is 13.2 Å². The molecule has 1 fully saturated rings. The molecule has 0 bridgehead atoms. The van der Waals surface area contributed by atoms with Crippen LogP contribution in [0.25, 0.3) is 0 Å². The van der Waals surface area contributed by atoms with Crippen molar-refractivity contribution in [2.75, 3.05) is 6.61 Å². The van der Waals surface area contributed by atoms with Crippen LogP contribution >= 0.6 is 0 Å². The number of sulfone groups is 1. The Morgan fingerprint density at radius 2 is 1.94 bits per heavy atom. The second kappa shape index (κ2) is 4.29. The number of benzene rings is 1. The Labute approximate surface area is 95.7 Å². The monoisotopic (exact) mass is 238 g/mol. The lowest BCUT2D eigenvalue weighted by Gasteiger charge is -2.01. The van der Waals surface area contributed by atoms with Gasteiger partial charge < -0.3 is 4.74 Å². The van der Waals surface area contributed by atoms with Crippen LogP contribution in [-0.2, 0) is 14.6 Å². The van der Waals surface area contributed by atoms with E-state index in [0.717, 1.165) is 12.0 Å². The zero-order chi connectivity index (χ0) is 11.6. The standard InChI is InChI=1S/C12H14O3S/c1-10-4-6-12(7-5-10)16(13,14)9-11-3-2-8-15-11/h4-7,9H,2-3,8H2,1H3/b11-9+. The minimum Gasteiger partial charge on any atom is -0.497 e. The fraction of sp³-hybridized carbons (Fsp3) is 0.333. The van der Waals surface area contributed by atoms with Crippen molar-refractivity contribution in [3.8, 4) is 0 Å². The molecule has 16 heavy (non-hydrogen) atoms. The Morgan fingerprint density at radius 3 is 2.50 bits per heavy atom. The topological polar surface area (TPSA) is 43.4 Å². The van der Waals surface area contributed by atoms with Gasteiger partial charge in [-0.25, -0.2) is 8.42 Å². The van der Waals surface area contributed by atoms with Crippen molar-refractivity contribution in [3.63, 3.8) is 0 Å². The molecule has 1 aliphatic heterocycles. The quantitative estimate of drug-likeness (QED) is 0.794. The first-order valence-electron chi connectivity index (χ1n) is 5.23. The van der Waals surface area contributed by atoms with Crippen LogP contribution in [0.3, 0.4) is 0 Å². The average Bonchev–Trinajstić information content (AvgIpc) is 2.70. The van der Waals surface area contributed by atoms with E-state index in [1.165, 1.54) is 5.41 Å². The van der Waals surface area contributed by atoms with E-state index in [4.69, 9.17) is 4.74 Å². The third kappa shape index (κ3) is 2.44. The first-order valence-corrected chi connectivity index (χ1v) is 6.78. The van der Waals surface area contributed by atoms with Crippen LogP contribution in [-0.4, -0.2) is 15.0 Å². The highest BCUT2D eigenvalue weighted by atomic mass is 32.2. The van der Waals surface area contributed by atoms with Crippen LogP contribution in [0.1, 0.15) is 18.4 Å². The van der Waals surface area contributed by atoms with Gasteiger partial charge in [-0.3, -0.25) is 0 Å². The Bertz CT molecular complexity index is 490. The summed E-state index contributed by atoms with van der Waals surface area (Å²) in [5.41, 5.74) is 1.05. The maximum Gasteiger partial charge on any atom is 0.203 e. The van der Waals surface area contributed by atoms with Crippen molar-refractivity contribution in [1.82, 2.24) is 0 Å². The number of rotatable bonds is 2. The second-order valence-electron chi connectivity index (χ2n) is 3.89. The van der Waals surface area contributed by atoms with Gasteiger partial charge in [0.05, 0.1) is 16.9 Å². The Morgan fingerprint density at radius 1 is 1.25 bits per heavy atom. The first kappa shape index (κ1) is 11.2. The molecule has 0 radical (unpaired) electrons. The Balaban J connectivity index is 2.31. The molecule has 0 saturated carbocycles. The van der Waals surface area contributed by atoms with Crippen LogP contribution in [0.4, 0.5) is 0 Å². The van der Waals surface area contributed by atoms with Crippen molar-refractivity contribution >= 4 is 9.84 Å². The molecule has 4 heteroatoms. The number of ether oxygens (including phenoxy) is 1. The molecular formula is C12H14O3S. The molecule has 0 N–H and O–H groups in total. The van der Waals surface area contributed by atoms with Gasteiger partial charge in [-0.1, -0.05) is 17.7 Å². The van der Waals surface area contributed by atoms with Gasteiger partial charge in [-0.15, -0.1) is 0 Å². The van der Waals surface area contributed by atoms with Gasteiger partial charge in [-0.2, -0.15) is 0 Å². The van der Waals surface area contributed by atoms with Crippen LogP contribution in [0.15, 0.2) is 40.3 Å². The van der Waals surface area contributed by atoms with Gasteiger partial charge in [-0.05, 0) is 25.5 Å². The van der Waals surface area contributed by atoms with Gasteiger partial charge in [0.2, 0.25) is 9.84 Å². The maximum atomic E-state index is 11.9. The van der Waals surface area contributed by atoms with Gasteiger partial charge in [0.25, 0.3) is 0 Å². The van der Waals surface area contributed by atoms with Crippen molar-refractivity contribution in [1.29, 1.82) is 0 Å². The summed E-state index contributed by atoms with van der Waals surface area (Å²) in [4.78, 5) is 0.320. The smallest absolute Gasteiger partial charge is 0.203 e. The zero-order valence-corrected chi connectivity index (χ0v) is 9.96. The van der Waals surface area contributed by atoms with E-state index in [1.54, 1.807) is 24.3 Å². The van der Waals surface area contributed by atoms with Gasteiger partial charge >= 0.3 is 0 Å². The van der Waals surface area contributed by atoms with Crippen molar-refractivity contribution in [2.45, 2.75) is 24.7 Å².